The number of Topliss-reactive ketones (excluding diaryl/α,β-unsaturated/α-hetero) is 2. The summed E-state index contributed by atoms with van der Waals surface area (Å²) in [5.41, 5.74) is 2.38. The van der Waals surface area contributed by atoms with Crippen molar-refractivity contribution < 1.29 is 18.7 Å². The Morgan fingerprint density at radius 2 is 1.54 bits per heavy atom. The van der Waals surface area contributed by atoms with Crippen LogP contribution in [0.3, 0.4) is 0 Å². The molecule has 28 heavy (non-hydrogen) atoms. The summed E-state index contributed by atoms with van der Waals surface area (Å²) >= 11 is 3.41. The number of halogens is 2. The quantitative estimate of drug-likeness (QED) is 0.393. The molecule has 138 valence electrons. The predicted molar refractivity (Wildman–Crippen MR) is 108 cm³/mol. The Hall–Kier alpha value is -3.05. The van der Waals surface area contributed by atoms with Crippen molar-refractivity contribution in [2.75, 3.05) is 0 Å². The average Bonchev–Trinajstić information content (AvgIpc) is 2.94. The summed E-state index contributed by atoms with van der Waals surface area (Å²) in [5, 5.41) is 0. The number of hydrogen-bond acceptors (Lipinski definition) is 3. The van der Waals surface area contributed by atoms with E-state index in [1.807, 2.05) is 6.07 Å². The minimum absolute atomic E-state index is 0.117. The van der Waals surface area contributed by atoms with Gasteiger partial charge in [-0.25, -0.2) is 4.39 Å². The standard InChI is InChI=1S/C23H14BrFO3/c24-16-7-10-21(28-13-14-5-8-17(25)9-6-14)15(11-16)12-20-22(26)18-3-1-2-4-19(18)23(20)27/h1-12H,13H2. The first kappa shape index (κ1) is 18.3. The predicted octanol–water partition coefficient (Wildman–Crippen LogP) is 5.63. The maximum absolute atomic E-state index is 13.1. The molecule has 0 heterocycles. The molecule has 0 radical (unpaired) electrons. The van der Waals surface area contributed by atoms with E-state index < -0.39 is 0 Å². The van der Waals surface area contributed by atoms with Crippen LogP contribution in [0.2, 0.25) is 0 Å². The highest BCUT2D eigenvalue weighted by Crippen LogP contribution is 2.31. The first-order valence-corrected chi connectivity index (χ1v) is 9.39. The van der Waals surface area contributed by atoms with E-state index in [1.54, 1.807) is 54.6 Å². The molecule has 0 bridgehead atoms. The van der Waals surface area contributed by atoms with Gasteiger partial charge in [-0.3, -0.25) is 9.59 Å². The molecule has 4 rings (SSSR count). The van der Waals surface area contributed by atoms with Gasteiger partial charge in [-0.05, 0) is 42.0 Å². The Kier molecular flexibility index (Phi) is 4.92. The molecule has 0 amide bonds. The van der Waals surface area contributed by atoms with Gasteiger partial charge in [0.15, 0.2) is 11.6 Å². The van der Waals surface area contributed by atoms with Crippen molar-refractivity contribution >= 4 is 33.6 Å². The first-order chi connectivity index (χ1) is 13.5. The topological polar surface area (TPSA) is 43.4 Å². The Morgan fingerprint density at radius 1 is 0.893 bits per heavy atom. The molecule has 3 aromatic carbocycles. The minimum atomic E-state index is -0.310. The molecular formula is C23H14BrFO3. The lowest BCUT2D eigenvalue weighted by Gasteiger charge is -2.10. The van der Waals surface area contributed by atoms with E-state index in [1.165, 1.54) is 12.1 Å². The van der Waals surface area contributed by atoms with E-state index >= 15 is 0 Å². The van der Waals surface area contributed by atoms with Gasteiger partial charge in [0.1, 0.15) is 18.2 Å². The molecule has 5 heteroatoms. The van der Waals surface area contributed by atoms with Gasteiger partial charge in [0.05, 0.1) is 5.57 Å². The third kappa shape index (κ3) is 3.53. The van der Waals surface area contributed by atoms with Crippen LogP contribution < -0.4 is 4.74 Å². The molecule has 3 aromatic rings. The maximum atomic E-state index is 13.1. The molecule has 0 N–H and O–H groups in total. The van der Waals surface area contributed by atoms with Crippen molar-refractivity contribution in [3.63, 3.8) is 0 Å². The second-order valence-corrected chi connectivity index (χ2v) is 7.27. The number of fused-ring (bicyclic) bond motifs is 1. The summed E-state index contributed by atoms with van der Waals surface area (Å²) in [6, 6.07) is 18.2. The fourth-order valence-corrected chi connectivity index (χ4v) is 3.44. The molecule has 3 nitrogen and oxygen atoms in total. The number of benzene rings is 3. The Balaban J connectivity index is 1.66. The van der Waals surface area contributed by atoms with Crippen LogP contribution in [0.5, 0.6) is 5.75 Å². The fourth-order valence-electron chi connectivity index (χ4n) is 3.06. The summed E-state index contributed by atoms with van der Waals surface area (Å²) in [4.78, 5) is 25.3. The van der Waals surface area contributed by atoms with Crippen LogP contribution in [-0.2, 0) is 6.61 Å². The summed E-state index contributed by atoms with van der Waals surface area (Å²) in [6.07, 6.45) is 1.56. The molecule has 1 aliphatic rings. The molecule has 0 spiro atoms. The Morgan fingerprint density at radius 3 is 2.18 bits per heavy atom. The number of carbonyl (C=O) groups is 2. The average molecular weight is 437 g/mol. The van der Waals surface area contributed by atoms with Gasteiger partial charge in [0.25, 0.3) is 0 Å². The Labute approximate surface area is 169 Å². The number of ketones is 2. The SMILES string of the molecule is O=C1C(=Cc2cc(Br)ccc2OCc2ccc(F)cc2)C(=O)c2ccccc21. The fraction of sp³-hybridized carbons (Fsp3) is 0.0435. The molecule has 0 atom stereocenters. The van der Waals surface area contributed by atoms with Gasteiger partial charge < -0.3 is 4.74 Å². The van der Waals surface area contributed by atoms with Gasteiger partial charge in [0.2, 0.25) is 0 Å². The highest BCUT2D eigenvalue weighted by atomic mass is 79.9. The smallest absolute Gasteiger partial charge is 0.197 e. The van der Waals surface area contributed by atoms with Gasteiger partial charge in [-0.15, -0.1) is 0 Å². The van der Waals surface area contributed by atoms with Gasteiger partial charge >= 0.3 is 0 Å². The van der Waals surface area contributed by atoms with E-state index in [0.717, 1.165) is 10.0 Å². The molecule has 0 fully saturated rings. The summed E-state index contributed by atoms with van der Waals surface area (Å²) in [5.74, 6) is -0.359. The summed E-state index contributed by atoms with van der Waals surface area (Å²) in [6.45, 7) is 0.236. The van der Waals surface area contributed by atoms with Crippen LogP contribution in [0, 0.1) is 5.82 Å². The van der Waals surface area contributed by atoms with E-state index in [2.05, 4.69) is 15.9 Å². The Bertz CT molecular complexity index is 1080. The van der Waals surface area contributed by atoms with Gasteiger partial charge in [0, 0.05) is 21.2 Å². The maximum Gasteiger partial charge on any atom is 0.197 e. The van der Waals surface area contributed by atoms with Crippen molar-refractivity contribution in [1.29, 1.82) is 0 Å². The number of carbonyl (C=O) groups excluding carboxylic acids is 2. The zero-order valence-corrected chi connectivity index (χ0v) is 16.2. The largest absolute Gasteiger partial charge is 0.488 e. The van der Waals surface area contributed by atoms with Crippen LogP contribution in [0.25, 0.3) is 6.08 Å². The molecule has 0 unspecified atom stereocenters. The highest BCUT2D eigenvalue weighted by Gasteiger charge is 2.32. The van der Waals surface area contributed by atoms with E-state index in [0.29, 0.717) is 22.4 Å². The zero-order chi connectivity index (χ0) is 19.7. The molecule has 0 saturated carbocycles. The van der Waals surface area contributed by atoms with Gasteiger partial charge in [-0.1, -0.05) is 52.3 Å². The zero-order valence-electron chi connectivity index (χ0n) is 14.6. The van der Waals surface area contributed by atoms with Crippen LogP contribution in [0.15, 0.2) is 76.8 Å². The second-order valence-electron chi connectivity index (χ2n) is 6.36. The van der Waals surface area contributed by atoms with E-state index in [-0.39, 0.29) is 29.6 Å². The van der Waals surface area contributed by atoms with Crippen LogP contribution in [0.4, 0.5) is 4.39 Å². The van der Waals surface area contributed by atoms with Crippen LogP contribution >= 0.6 is 15.9 Å². The van der Waals surface area contributed by atoms with Crippen molar-refractivity contribution in [3.8, 4) is 5.75 Å². The number of rotatable bonds is 4. The first-order valence-electron chi connectivity index (χ1n) is 8.60. The third-order valence-electron chi connectivity index (χ3n) is 4.48. The van der Waals surface area contributed by atoms with Gasteiger partial charge in [-0.2, -0.15) is 0 Å². The number of allylic oxidation sites excluding steroid dienone is 1. The lowest BCUT2D eigenvalue weighted by atomic mass is 10.1. The van der Waals surface area contributed by atoms with Crippen LogP contribution in [0.1, 0.15) is 31.8 Å². The minimum Gasteiger partial charge on any atom is -0.488 e. The van der Waals surface area contributed by atoms with E-state index in [4.69, 9.17) is 4.74 Å². The monoisotopic (exact) mass is 436 g/mol. The summed E-state index contributed by atoms with van der Waals surface area (Å²) in [7, 11) is 0. The molecule has 0 aliphatic heterocycles. The highest BCUT2D eigenvalue weighted by molar-refractivity contribution is 9.10. The van der Waals surface area contributed by atoms with Crippen molar-refractivity contribution in [2.45, 2.75) is 6.61 Å². The van der Waals surface area contributed by atoms with E-state index in [9.17, 15) is 14.0 Å². The third-order valence-corrected chi connectivity index (χ3v) is 4.98. The normalized spacial score (nSPS) is 12.9. The lowest BCUT2D eigenvalue weighted by molar-refractivity contribution is 0.0990. The number of ether oxygens (including phenoxy) is 1. The van der Waals surface area contributed by atoms with Crippen molar-refractivity contribution in [3.05, 3.63) is 105 Å². The molecule has 1 aliphatic carbocycles. The van der Waals surface area contributed by atoms with Crippen molar-refractivity contribution in [2.24, 2.45) is 0 Å². The molecular weight excluding hydrogens is 423 g/mol. The lowest BCUT2D eigenvalue weighted by Crippen LogP contribution is -2.02. The van der Waals surface area contributed by atoms with Crippen LogP contribution in [-0.4, -0.2) is 11.6 Å². The second kappa shape index (κ2) is 7.52. The van der Waals surface area contributed by atoms with Crippen molar-refractivity contribution in [1.82, 2.24) is 0 Å². The molecule has 0 saturated heterocycles. The molecule has 0 aromatic heterocycles. The summed E-state index contributed by atoms with van der Waals surface area (Å²) < 4.78 is 19.7. The number of hydrogen-bond donors (Lipinski definition) is 0.